The van der Waals surface area contributed by atoms with Crippen LogP contribution in [0, 0.1) is 17.2 Å². The molecule has 1 aliphatic carbocycles. The molecule has 2 aromatic carbocycles. The molecule has 0 radical (unpaired) electrons. The van der Waals surface area contributed by atoms with Crippen molar-refractivity contribution in [3.8, 4) is 17.2 Å². The average molecular weight is 418 g/mol. The third-order valence-electron chi connectivity index (χ3n) is 4.74. The van der Waals surface area contributed by atoms with Gasteiger partial charge < -0.3 is 0 Å². The minimum atomic E-state index is -3.45. The number of benzene rings is 2. The topological polar surface area (TPSA) is 75.0 Å². The molecule has 0 unspecified atom stereocenters. The van der Waals surface area contributed by atoms with E-state index < -0.39 is 9.84 Å². The van der Waals surface area contributed by atoms with E-state index in [0.29, 0.717) is 36.3 Å². The van der Waals surface area contributed by atoms with Crippen LogP contribution in [0.2, 0.25) is 5.02 Å². The molecular weight excluding hydrogens is 394 g/mol. The molecule has 0 atom stereocenters. The number of halogens is 1. The van der Waals surface area contributed by atoms with E-state index in [1.165, 1.54) is 6.07 Å². The maximum absolute atomic E-state index is 12.7. The van der Waals surface area contributed by atoms with Gasteiger partial charge in [0.15, 0.2) is 9.84 Å². The van der Waals surface area contributed by atoms with Crippen LogP contribution < -0.4 is 0 Å². The quantitative estimate of drug-likeness (QED) is 0.663. The summed E-state index contributed by atoms with van der Waals surface area (Å²) in [5.41, 5.74) is 2.09. The molecule has 6 heteroatoms. The first-order valence-corrected chi connectivity index (χ1v) is 11.5. The lowest BCUT2D eigenvalue weighted by Crippen LogP contribution is -2.22. The second kappa shape index (κ2) is 9.86. The first kappa shape index (κ1) is 22.1. The Hall–Kier alpha value is -2.16. The van der Waals surface area contributed by atoms with Crippen molar-refractivity contribution in [1.29, 1.82) is 5.26 Å². The largest absolute Gasteiger partial charge is 0.300 e. The number of Topliss-reactive ketones (excluding diaryl/α,β-unsaturated/α-hetero) is 1. The lowest BCUT2D eigenvalue weighted by atomic mass is 9.90. The highest BCUT2D eigenvalue weighted by Gasteiger charge is 2.26. The molecule has 1 fully saturated rings. The lowest BCUT2D eigenvalue weighted by molar-refractivity contribution is -0.120. The fourth-order valence-electron chi connectivity index (χ4n) is 3.22. The van der Waals surface area contributed by atoms with E-state index in [-0.39, 0.29) is 22.3 Å². The number of ketones is 1. The second-order valence-electron chi connectivity index (χ2n) is 6.59. The van der Waals surface area contributed by atoms with Crippen LogP contribution in [0.25, 0.3) is 11.1 Å². The maximum atomic E-state index is 12.7. The Morgan fingerprint density at radius 1 is 1.07 bits per heavy atom. The number of carbonyl (C=O) groups is 1. The van der Waals surface area contributed by atoms with Gasteiger partial charge in [0, 0.05) is 23.4 Å². The number of rotatable bonds is 4. The Morgan fingerprint density at radius 2 is 1.68 bits per heavy atom. The van der Waals surface area contributed by atoms with Crippen molar-refractivity contribution >= 4 is 27.2 Å². The number of hydrogen-bond acceptors (Lipinski definition) is 4. The summed E-state index contributed by atoms with van der Waals surface area (Å²) < 4.78 is 25.4. The smallest absolute Gasteiger partial charge is 0.178 e. The van der Waals surface area contributed by atoms with E-state index in [1.54, 1.807) is 36.4 Å². The Kier molecular flexibility index (Phi) is 7.79. The minimum absolute atomic E-state index is 0.0229. The van der Waals surface area contributed by atoms with Crippen LogP contribution in [0.3, 0.4) is 0 Å². The van der Waals surface area contributed by atoms with Crippen LogP contribution in [0.5, 0.6) is 0 Å². The molecule has 0 aliphatic heterocycles. The van der Waals surface area contributed by atoms with Gasteiger partial charge in [-0.2, -0.15) is 5.26 Å². The molecule has 0 saturated heterocycles. The SMILES string of the molecule is CC.N#Cc1ccc(-c2ccc(S(=O)(=O)CC3CCC(=O)CC3)cc2Cl)cc1. The van der Waals surface area contributed by atoms with Gasteiger partial charge in [0.25, 0.3) is 0 Å². The van der Waals surface area contributed by atoms with Crippen LogP contribution >= 0.6 is 11.6 Å². The van der Waals surface area contributed by atoms with Crippen molar-refractivity contribution in [3.63, 3.8) is 0 Å². The van der Waals surface area contributed by atoms with E-state index >= 15 is 0 Å². The molecule has 0 N–H and O–H groups in total. The molecule has 4 nitrogen and oxygen atoms in total. The van der Waals surface area contributed by atoms with Gasteiger partial charge >= 0.3 is 0 Å². The number of nitriles is 1. The first-order chi connectivity index (χ1) is 13.4. The summed E-state index contributed by atoms with van der Waals surface area (Å²) in [5, 5.41) is 9.22. The molecule has 28 heavy (non-hydrogen) atoms. The highest BCUT2D eigenvalue weighted by atomic mass is 35.5. The van der Waals surface area contributed by atoms with Crippen LogP contribution in [0.1, 0.15) is 45.1 Å². The second-order valence-corrected chi connectivity index (χ2v) is 9.04. The van der Waals surface area contributed by atoms with E-state index in [4.69, 9.17) is 16.9 Å². The van der Waals surface area contributed by atoms with Crippen molar-refractivity contribution in [1.82, 2.24) is 0 Å². The van der Waals surface area contributed by atoms with Gasteiger partial charge in [-0.3, -0.25) is 4.79 Å². The van der Waals surface area contributed by atoms with E-state index in [1.807, 2.05) is 13.8 Å². The zero-order chi connectivity index (χ0) is 20.7. The highest BCUT2D eigenvalue weighted by molar-refractivity contribution is 7.91. The van der Waals surface area contributed by atoms with E-state index in [0.717, 1.165) is 11.1 Å². The molecule has 1 aliphatic rings. The van der Waals surface area contributed by atoms with Crippen molar-refractivity contribution in [2.45, 2.75) is 44.4 Å². The summed E-state index contributed by atoms with van der Waals surface area (Å²) in [6.07, 6.45) is 2.21. The third kappa shape index (κ3) is 5.43. The number of nitrogens with zero attached hydrogens (tertiary/aromatic N) is 1. The fourth-order valence-corrected chi connectivity index (χ4v) is 5.29. The molecule has 3 rings (SSSR count). The number of hydrogen-bond donors (Lipinski definition) is 0. The number of sulfone groups is 1. The molecule has 0 spiro atoms. The zero-order valence-corrected chi connectivity index (χ0v) is 17.7. The molecule has 2 aromatic rings. The summed E-state index contributed by atoms with van der Waals surface area (Å²) in [4.78, 5) is 11.5. The van der Waals surface area contributed by atoms with Gasteiger partial charge in [-0.1, -0.05) is 43.6 Å². The van der Waals surface area contributed by atoms with Crippen molar-refractivity contribution in [3.05, 3.63) is 53.1 Å². The Morgan fingerprint density at radius 3 is 2.21 bits per heavy atom. The van der Waals surface area contributed by atoms with Crippen molar-refractivity contribution in [2.24, 2.45) is 5.92 Å². The summed E-state index contributed by atoms with van der Waals surface area (Å²) in [5.74, 6) is 0.287. The predicted molar refractivity (Wildman–Crippen MR) is 112 cm³/mol. The van der Waals surface area contributed by atoms with Gasteiger partial charge in [-0.15, -0.1) is 0 Å². The normalized spacial score (nSPS) is 14.7. The summed E-state index contributed by atoms with van der Waals surface area (Å²) in [7, 11) is -3.45. The zero-order valence-electron chi connectivity index (χ0n) is 16.1. The molecule has 0 amide bonds. The third-order valence-corrected chi connectivity index (χ3v) is 6.94. The van der Waals surface area contributed by atoms with Gasteiger partial charge in [0.2, 0.25) is 0 Å². The van der Waals surface area contributed by atoms with Crippen LogP contribution in [0.4, 0.5) is 0 Å². The van der Waals surface area contributed by atoms with Crippen LogP contribution in [-0.2, 0) is 14.6 Å². The summed E-state index contributed by atoms with van der Waals surface area (Å²) in [6.45, 7) is 4.00. The Balaban J connectivity index is 0.00000136. The molecule has 0 heterocycles. The predicted octanol–water partition coefficient (Wildman–Crippen LogP) is 5.44. The maximum Gasteiger partial charge on any atom is 0.178 e. The Labute approximate surface area is 172 Å². The fraction of sp³-hybridized carbons (Fsp3) is 0.364. The van der Waals surface area contributed by atoms with Crippen LogP contribution in [-0.4, -0.2) is 20.0 Å². The van der Waals surface area contributed by atoms with E-state index in [2.05, 4.69) is 6.07 Å². The van der Waals surface area contributed by atoms with Crippen LogP contribution in [0.15, 0.2) is 47.4 Å². The monoisotopic (exact) mass is 417 g/mol. The molecule has 1 saturated carbocycles. The van der Waals surface area contributed by atoms with Crippen molar-refractivity contribution in [2.75, 3.05) is 5.75 Å². The standard InChI is InChI=1S/C20H18ClNO3S.C2H6/c21-20-11-18(26(24,25)13-15-3-7-17(23)8-4-15)9-10-19(20)16-5-1-14(12-22)2-6-16;1-2/h1-2,5-6,9-11,15H,3-4,7-8,13H2;1-2H3. The average Bonchev–Trinajstić information content (AvgIpc) is 2.71. The van der Waals surface area contributed by atoms with Gasteiger partial charge in [0.05, 0.1) is 22.3 Å². The molecule has 148 valence electrons. The summed E-state index contributed by atoms with van der Waals surface area (Å²) in [6, 6.07) is 13.8. The van der Waals surface area contributed by atoms with E-state index in [9.17, 15) is 13.2 Å². The Bertz CT molecular complexity index is 966. The van der Waals surface area contributed by atoms with Crippen molar-refractivity contribution < 1.29 is 13.2 Å². The number of carbonyl (C=O) groups excluding carboxylic acids is 1. The lowest BCUT2D eigenvalue weighted by Gasteiger charge is -2.20. The molecule has 0 aromatic heterocycles. The molecule has 0 bridgehead atoms. The van der Waals surface area contributed by atoms with Gasteiger partial charge in [-0.25, -0.2) is 8.42 Å². The first-order valence-electron chi connectivity index (χ1n) is 9.43. The van der Waals surface area contributed by atoms with Gasteiger partial charge in [-0.05, 0) is 48.6 Å². The molecular formula is C22H24ClNO3S. The minimum Gasteiger partial charge on any atom is -0.300 e. The van der Waals surface area contributed by atoms with Gasteiger partial charge in [0.1, 0.15) is 5.78 Å². The summed E-state index contributed by atoms with van der Waals surface area (Å²) >= 11 is 6.33. The highest BCUT2D eigenvalue weighted by Crippen LogP contribution is 2.32.